The zero-order valence-electron chi connectivity index (χ0n) is 29.2. The molecular formula is C35H41N7O8S. The molecule has 270 valence electrons. The van der Waals surface area contributed by atoms with E-state index in [9.17, 15) is 18.5 Å². The average molecular weight is 720 g/mol. The van der Waals surface area contributed by atoms with Crippen LogP contribution in [0.2, 0.25) is 0 Å². The Bertz CT molecular complexity index is 1960. The number of aromatic nitrogens is 1. The highest BCUT2D eigenvalue weighted by atomic mass is 32.2. The summed E-state index contributed by atoms with van der Waals surface area (Å²) in [6.45, 7) is 4.42. The second-order valence-corrected chi connectivity index (χ2v) is 14.2. The van der Waals surface area contributed by atoms with Crippen LogP contribution in [0.4, 0.5) is 10.5 Å². The monoisotopic (exact) mass is 719 g/mol. The number of nitrogens with one attached hydrogen (secondary N) is 1. The lowest BCUT2D eigenvalue weighted by molar-refractivity contribution is -0.153. The van der Waals surface area contributed by atoms with Crippen LogP contribution in [-0.4, -0.2) is 113 Å². The van der Waals surface area contributed by atoms with E-state index in [1.807, 2.05) is 12.1 Å². The van der Waals surface area contributed by atoms with Gasteiger partial charge < -0.3 is 29.3 Å². The molecule has 3 aromatic rings. The fourth-order valence-electron chi connectivity index (χ4n) is 7.02. The van der Waals surface area contributed by atoms with Crippen LogP contribution >= 0.6 is 0 Å². The van der Waals surface area contributed by atoms with Crippen molar-refractivity contribution < 1.29 is 37.1 Å². The molecule has 4 heterocycles. The molecule has 51 heavy (non-hydrogen) atoms. The number of carbonyl (C=O) groups excluding carboxylic acids is 2. The molecule has 6 rings (SSSR count). The van der Waals surface area contributed by atoms with Crippen molar-refractivity contribution in [2.45, 2.75) is 42.3 Å². The second-order valence-electron chi connectivity index (χ2n) is 12.5. The number of hydrogen-bond donors (Lipinski definition) is 1. The summed E-state index contributed by atoms with van der Waals surface area (Å²) in [5.74, 6) is -0.696. The lowest BCUT2D eigenvalue weighted by atomic mass is 9.83. The van der Waals surface area contributed by atoms with Crippen LogP contribution in [0.5, 0.6) is 17.4 Å². The Morgan fingerprint density at radius 1 is 1.08 bits per heavy atom. The van der Waals surface area contributed by atoms with Gasteiger partial charge in [0.05, 0.1) is 50.8 Å². The molecule has 0 spiro atoms. The SMILES string of the molecule is CCOc1ncccc1[C@]1(NC(=O)N2CC(N3CCC(N(C)OC)CC3)C2)C(=O)N(S(=O)(=O)c2ccc(OC)cc2OC)c2ccc(C#N)cc21. The van der Waals surface area contributed by atoms with Gasteiger partial charge in [-0.1, -0.05) is 0 Å². The lowest BCUT2D eigenvalue weighted by Gasteiger charge is -2.48. The summed E-state index contributed by atoms with van der Waals surface area (Å²) in [6, 6.07) is 13.4. The first kappa shape index (κ1) is 35.9. The zero-order chi connectivity index (χ0) is 36.5. The molecule has 0 saturated carbocycles. The Morgan fingerprint density at radius 2 is 1.82 bits per heavy atom. The minimum Gasteiger partial charge on any atom is -0.497 e. The zero-order valence-corrected chi connectivity index (χ0v) is 30.0. The Hall–Kier alpha value is -4.95. The van der Waals surface area contributed by atoms with Crippen LogP contribution in [0.1, 0.15) is 36.5 Å². The van der Waals surface area contributed by atoms with Crippen molar-refractivity contribution in [1.82, 2.24) is 25.2 Å². The quantitative estimate of drug-likeness (QED) is 0.289. The predicted molar refractivity (Wildman–Crippen MR) is 185 cm³/mol. The number of pyridine rings is 1. The van der Waals surface area contributed by atoms with E-state index in [4.69, 9.17) is 19.0 Å². The van der Waals surface area contributed by atoms with E-state index < -0.39 is 27.5 Å². The molecule has 2 fully saturated rings. The van der Waals surface area contributed by atoms with Gasteiger partial charge in [-0.15, -0.1) is 0 Å². The number of piperidine rings is 1. The standard InChI is InChI=1S/C35H41N7O8S/c1-6-50-32-27(8-7-15-37-32)35(38-34(44)41-21-25(22-41)40-16-13-24(14-17-40)39(2)49-5)28-18-23(20-36)9-11-29(28)42(33(35)43)51(45,46)31-12-10-26(47-3)19-30(31)48-4/h7-12,15,18-19,24-25H,6,13-14,16-17,21-22H2,1-5H3,(H,38,44)/t35-/m1/s1. The van der Waals surface area contributed by atoms with Crippen molar-refractivity contribution in [2.24, 2.45) is 0 Å². The summed E-state index contributed by atoms with van der Waals surface area (Å²) >= 11 is 0. The number of ether oxygens (including phenoxy) is 3. The second kappa shape index (κ2) is 14.3. The number of hydroxylamine groups is 2. The number of sulfonamides is 1. The third kappa shape index (κ3) is 6.20. The molecule has 3 amide bonds. The van der Waals surface area contributed by atoms with Gasteiger partial charge in [0.15, 0.2) is 5.54 Å². The highest BCUT2D eigenvalue weighted by molar-refractivity contribution is 7.93. The average Bonchev–Trinajstić information content (AvgIpc) is 3.38. The minimum atomic E-state index is -4.70. The van der Waals surface area contributed by atoms with Crippen molar-refractivity contribution in [3.8, 4) is 23.4 Å². The largest absolute Gasteiger partial charge is 0.497 e. The fraction of sp³-hybridized carbons (Fsp3) is 0.429. The van der Waals surface area contributed by atoms with Crippen LogP contribution < -0.4 is 23.8 Å². The number of anilines is 1. The summed E-state index contributed by atoms with van der Waals surface area (Å²) in [4.78, 5) is 42.7. The van der Waals surface area contributed by atoms with E-state index in [0.29, 0.717) is 29.2 Å². The number of rotatable bonds is 11. The Labute approximate surface area is 297 Å². The van der Waals surface area contributed by atoms with E-state index in [1.165, 1.54) is 56.8 Å². The molecule has 3 aliphatic rings. The number of benzene rings is 2. The van der Waals surface area contributed by atoms with Gasteiger partial charge in [0, 0.05) is 63.1 Å². The number of urea groups is 1. The van der Waals surface area contributed by atoms with E-state index in [1.54, 1.807) is 31.1 Å². The Balaban J connectivity index is 1.41. The highest BCUT2D eigenvalue weighted by Gasteiger charge is 2.59. The molecule has 2 saturated heterocycles. The van der Waals surface area contributed by atoms with Crippen LogP contribution in [0.3, 0.4) is 0 Å². The normalized spacial score (nSPS) is 19.7. The summed E-state index contributed by atoms with van der Waals surface area (Å²) in [6.07, 6.45) is 3.32. The molecule has 0 radical (unpaired) electrons. The molecule has 0 aliphatic carbocycles. The first-order valence-corrected chi connectivity index (χ1v) is 18.0. The van der Waals surface area contributed by atoms with E-state index in [2.05, 4.69) is 21.3 Å². The van der Waals surface area contributed by atoms with E-state index in [0.717, 1.165) is 25.9 Å². The first-order chi connectivity index (χ1) is 24.5. The number of likely N-dealkylation sites (tertiary alicyclic amines) is 2. The van der Waals surface area contributed by atoms with E-state index >= 15 is 4.79 Å². The number of hydrogen-bond acceptors (Lipinski definition) is 12. The third-order valence-electron chi connectivity index (χ3n) is 9.86. The van der Waals surface area contributed by atoms with Gasteiger partial charge in [0.25, 0.3) is 15.9 Å². The minimum absolute atomic E-state index is 0.0219. The summed E-state index contributed by atoms with van der Waals surface area (Å²) in [7, 11) is 1.62. The van der Waals surface area contributed by atoms with Gasteiger partial charge in [-0.25, -0.2) is 18.2 Å². The number of nitrogens with zero attached hydrogens (tertiary/aromatic N) is 6. The summed E-state index contributed by atoms with van der Waals surface area (Å²) < 4.78 is 46.4. The lowest BCUT2D eigenvalue weighted by Crippen LogP contribution is -2.67. The molecule has 15 nitrogen and oxygen atoms in total. The summed E-state index contributed by atoms with van der Waals surface area (Å²) in [5, 5.41) is 14.7. The highest BCUT2D eigenvalue weighted by Crippen LogP contribution is 2.50. The maximum absolute atomic E-state index is 15.1. The Kier molecular flexibility index (Phi) is 10.1. The van der Waals surface area contributed by atoms with Crippen LogP contribution in [0.25, 0.3) is 0 Å². The molecule has 1 aromatic heterocycles. The van der Waals surface area contributed by atoms with Crippen LogP contribution in [-0.2, 0) is 25.2 Å². The van der Waals surface area contributed by atoms with Crippen molar-refractivity contribution in [3.05, 3.63) is 71.4 Å². The number of fused-ring (bicyclic) bond motifs is 1. The first-order valence-electron chi connectivity index (χ1n) is 16.6. The number of nitriles is 1. The molecular weight excluding hydrogens is 678 g/mol. The van der Waals surface area contributed by atoms with Crippen LogP contribution in [0.15, 0.2) is 59.6 Å². The smallest absolute Gasteiger partial charge is 0.318 e. The van der Waals surface area contributed by atoms with Crippen LogP contribution in [0, 0.1) is 11.3 Å². The van der Waals surface area contributed by atoms with E-state index in [-0.39, 0.29) is 51.6 Å². The maximum atomic E-state index is 15.1. The van der Waals surface area contributed by atoms with Crippen molar-refractivity contribution >= 4 is 27.6 Å². The molecule has 0 bridgehead atoms. The molecule has 1 atom stereocenters. The summed E-state index contributed by atoms with van der Waals surface area (Å²) in [5.41, 5.74) is -1.86. The van der Waals surface area contributed by atoms with Gasteiger partial charge in [0.1, 0.15) is 16.4 Å². The molecule has 0 unspecified atom stereocenters. The van der Waals surface area contributed by atoms with Crippen molar-refractivity contribution in [2.75, 3.05) is 65.5 Å². The van der Waals surface area contributed by atoms with Crippen molar-refractivity contribution in [1.29, 1.82) is 5.26 Å². The maximum Gasteiger partial charge on any atom is 0.318 e. The fourth-order valence-corrected chi connectivity index (χ4v) is 8.62. The number of methoxy groups -OCH3 is 2. The van der Waals surface area contributed by atoms with Gasteiger partial charge >= 0.3 is 6.03 Å². The molecule has 16 heteroatoms. The molecule has 1 N–H and O–H groups in total. The Morgan fingerprint density at radius 3 is 2.47 bits per heavy atom. The number of carbonyl (C=O) groups is 2. The third-order valence-corrected chi connectivity index (χ3v) is 11.6. The van der Waals surface area contributed by atoms with Gasteiger partial charge in [0.2, 0.25) is 5.88 Å². The van der Waals surface area contributed by atoms with Gasteiger partial charge in [-0.05, 0) is 62.2 Å². The number of amides is 3. The van der Waals surface area contributed by atoms with Gasteiger partial charge in [-0.2, -0.15) is 14.6 Å². The molecule has 3 aliphatic heterocycles. The van der Waals surface area contributed by atoms with Crippen molar-refractivity contribution in [3.63, 3.8) is 0 Å². The predicted octanol–water partition coefficient (Wildman–Crippen LogP) is 2.70. The van der Waals surface area contributed by atoms with Gasteiger partial charge in [-0.3, -0.25) is 9.69 Å². The molecule has 2 aromatic carbocycles. The topological polar surface area (TPSA) is 167 Å².